The van der Waals surface area contributed by atoms with E-state index in [0.29, 0.717) is 5.92 Å². The Kier molecular flexibility index (Phi) is 3.62. The third-order valence-corrected chi connectivity index (χ3v) is 4.78. The zero-order chi connectivity index (χ0) is 13.9. The van der Waals surface area contributed by atoms with Crippen molar-refractivity contribution in [1.82, 2.24) is 4.98 Å². The quantitative estimate of drug-likeness (QED) is 0.784. The maximum Gasteiger partial charge on any atom is 0.134 e. The second-order valence-corrected chi connectivity index (χ2v) is 6.27. The number of rotatable bonds is 2. The van der Waals surface area contributed by atoms with Crippen LogP contribution in [0.1, 0.15) is 34.9 Å². The molecule has 0 saturated heterocycles. The van der Waals surface area contributed by atoms with Crippen molar-refractivity contribution in [3.63, 3.8) is 0 Å². The van der Waals surface area contributed by atoms with Gasteiger partial charge in [0.05, 0.1) is 5.56 Å². The van der Waals surface area contributed by atoms with Gasteiger partial charge < -0.3 is 0 Å². The number of thiophene rings is 1. The number of fused-ring (bicyclic) bond motifs is 1. The van der Waals surface area contributed by atoms with Crippen LogP contribution in [-0.4, -0.2) is 11.2 Å². The van der Waals surface area contributed by atoms with Gasteiger partial charge >= 0.3 is 0 Å². The molecule has 3 rings (SSSR count). The smallest absolute Gasteiger partial charge is 0.134 e. The lowest BCUT2D eigenvalue weighted by molar-refractivity contribution is 0.507. The average molecular weight is 281 g/mol. The minimum absolute atomic E-state index is 0.711. The van der Waals surface area contributed by atoms with Crippen LogP contribution in [0.15, 0.2) is 29.5 Å². The van der Waals surface area contributed by atoms with Crippen LogP contribution in [-0.2, 0) is 12.8 Å². The van der Waals surface area contributed by atoms with Crippen molar-refractivity contribution in [2.45, 2.75) is 26.2 Å². The minimum atomic E-state index is 0.711. The summed E-state index contributed by atoms with van der Waals surface area (Å²) >= 11 is 1.67. The number of pyridine rings is 1. The van der Waals surface area contributed by atoms with Gasteiger partial charge in [-0.3, -0.25) is 4.98 Å². The van der Waals surface area contributed by atoms with Crippen LogP contribution in [0.3, 0.4) is 0 Å². The van der Waals surface area contributed by atoms with Crippen LogP contribution in [0.2, 0.25) is 0 Å². The van der Waals surface area contributed by atoms with Crippen LogP contribution in [0.4, 0.5) is 5.00 Å². The molecule has 2 aromatic rings. The predicted octanol–water partition coefficient (Wildman–Crippen LogP) is 3.89. The number of hydrogen-bond acceptors (Lipinski definition) is 4. The Balaban J connectivity index is 1.95. The molecule has 0 N–H and O–H groups in total. The molecule has 0 bridgehead atoms. The van der Waals surface area contributed by atoms with E-state index in [1.54, 1.807) is 29.9 Å². The molecule has 0 amide bonds. The zero-order valence-corrected chi connectivity index (χ0v) is 12.2. The van der Waals surface area contributed by atoms with Gasteiger partial charge in [-0.2, -0.15) is 5.26 Å². The van der Waals surface area contributed by atoms with E-state index in [4.69, 9.17) is 0 Å². The van der Waals surface area contributed by atoms with E-state index >= 15 is 0 Å². The first-order chi connectivity index (χ1) is 9.78. The van der Waals surface area contributed by atoms with E-state index in [-0.39, 0.29) is 0 Å². The molecule has 0 aromatic carbocycles. The molecule has 2 heterocycles. The summed E-state index contributed by atoms with van der Waals surface area (Å²) in [5.74, 6) is 0.711. The molecule has 100 valence electrons. The molecule has 0 radical (unpaired) electrons. The van der Waals surface area contributed by atoms with Crippen molar-refractivity contribution < 1.29 is 0 Å². The van der Waals surface area contributed by atoms with Crippen molar-refractivity contribution in [1.29, 1.82) is 5.26 Å². The maximum atomic E-state index is 9.40. The zero-order valence-electron chi connectivity index (χ0n) is 11.3. The first kappa shape index (κ1) is 13.0. The molecule has 0 saturated carbocycles. The average Bonchev–Trinajstić information content (AvgIpc) is 2.82. The van der Waals surface area contributed by atoms with Gasteiger partial charge in [0.25, 0.3) is 0 Å². The molecule has 20 heavy (non-hydrogen) atoms. The molecule has 4 heteroatoms. The first-order valence-corrected chi connectivity index (χ1v) is 7.58. The third kappa shape index (κ3) is 2.50. The van der Waals surface area contributed by atoms with Gasteiger partial charge in [-0.25, -0.2) is 4.99 Å². The number of hydrogen-bond donors (Lipinski definition) is 0. The predicted molar refractivity (Wildman–Crippen MR) is 81.7 cm³/mol. The topological polar surface area (TPSA) is 49.0 Å². The fourth-order valence-electron chi connectivity index (χ4n) is 2.53. The summed E-state index contributed by atoms with van der Waals surface area (Å²) in [6.45, 7) is 2.27. The molecule has 0 spiro atoms. The maximum absolute atomic E-state index is 9.40. The molecular formula is C16H15N3S. The molecule has 0 aliphatic heterocycles. The molecule has 0 fully saturated rings. The number of aromatic nitrogens is 1. The lowest BCUT2D eigenvalue weighted by Crippen LogP contribution is -2.09. The van der Waals surface area contributed by atoms with Crippen molar-refractivity contribution in [3.8, 4) is 6.07 Å². The van der Waals surface area contributed by atoms with Gasteiger partial charge in [0, 0.05) is 29.0 Å². The van der Waals surface area contributed by atoms with E-state index in [0.717, 1.165) is 29.0 Å². The SMILES string of the molecule is C[C@H]1CCc2c(sc(N=Cc3cccnc3)c2C#N)C1. The highest BCUT2D eigenvalue weighted by Crippen LogP contribution is 2.40. The Bertz CT molecular complexity index is 680. The van der Waals surface area contributed by atoms with Crippen molar-refractivity contribution in [2.24, 2.45) is 10.9 Å². The van der Waals surface area contributed by atoms with E-state index in [9.17, 15) is 5.26 Å². The highest BCUT2D eigenvalue weighted by Gasteiger charge is 2.23. The van der Waals surface area contributed by atoms with E-state index in [1.165, 1.54) is 16.9 Å². The summed E-state index contributed by atoms with van der Waals surface area (Å²) in [7, 11) is 0. The summed E-state index contributed by atoms with van der Waals surface area (Å²) in [6, 6.07) is 6.17. The van der Waals surface area contributed by atoms with Gasteiger partial charge in [-0.1, -0.05) is 13.0 Å². The van der Waals surface area contributed by atoms with E-state index in [2.05, 4.69) is 23.0 Å². The Morgan fingerprint density at radius 3 is 3.20 bits per heavy atom. The number of aliphatic imine (C=N–C) groups is 1. The largest absolute Gasteiger partial charge is 0.264 e. The lowest BCUT2D eigenvalue weighted by atomic mass is 9.89. The summed E-state index contributed by atoms with van der Waals surface area (Å²) < 4.78 is 0. The highest BCUT2D eigenvalue weighted by atomic mass is 32.1. The Labute approximate surface area is 122 Å². The standard InChI is InChI=1S/C16H15N3S/c1-11-4-5-13-14(8-17)16(20-15(13)7-11)19-10-12-3-2-6-18-9-12/h2-3,6,9-11H,4-5,7H2,1H3/t11-/m0/s1. The number of nitriles is 1. The lowest BCUT2D eigenvalue weighted by Gasteiger charge is -2.17. The van der Waals surface area contributed by atoms with Gasteiger partial charge in [0.1, 0.15) is 11.1 Å². The van der Waals surface area contributed by atoms with Crippen LogP contribution in [0.5, 0.6) is 0 Å². The number of nitrogens with zero attached hydrogens (tertiary/aromatic N) is 3. The Morgan fingerprint density at radius 2 is 2.45 bits per heavy atom. The van der Waals surface area contributed by atoms with Crippen molar-refractivity contribution in [2.75, 3.05) is 0 Å². The molecule has 0 unspecified atom stereocenters. The normalized spacial score (nSPS) is 17.9. The summed E-state index contributed by atoms with van der Waals surface area (Å²) in [5.41, 5.74) is 2.96. The Morgan fingerprint density at radius 1 is 1.55 bits per heavy atom. The van der Waals surface area contributed by atoms with Crippen molar-refractivity contribution >= 4 is 22.6 Å². The monoisotopic (exact) mass is 281 g/mol. The summed E-state index contributed by atoms with van der Waals surface area (Å²) in [4.78, 5) is 9.92. The molecule has 1 aliphatic rings. The third-order valence-electron chi connectivity index (χ3n) is 3.62. The molecule has 1 aliphatic carbocycles. The molecule has 1 atom stereocenters. The fraction of sp³-hybridized carbons (Fsp3) is 0.312. The van der Waals surface area contributed by atoms with E-state index < -0.39 is 0 Å². The van der Waals surface area contributed by atoms with Crippen LogP contribution in [0.25, 0.3) is 0 Å². The first-order valence-electron chi connectivity index (χ1n) is 6.76. The fourth-order valence-corrected chi connectivity index (χ4v) is 3.83. The van der Waals surface area contributed by atoms with E-state index in [1.807, 2.05) is 12.1 Å². The van der Waals surface area contributed by atoms with Gasteiger partial charge in [0.2, 0.25) is 0 Å². The highest BCUT2D eigenvalue weighted by molar-refractivity contribution is 7.16. The summed E-state index contributed by atoms with van der Waals surface area (Å²) in [5, 5.41) is 10.2. The Hall–Kier alpha value is -1.99. The van der Waals surface area contributed by atoms with Gasteiger partial charge in [0.15, 0.2) is 0 Å². The van der Waals surface area contributed by atoms with Crippen LogP contribution >= 0.6 is 11.3 Å². The molecule has 2 aromatic heterocycles. The van der Waals surface area contributed by atoms with Crippen LogP contribution < -0.4 is 0 Å². The second kappa shape index (κ2) is 5.56. The second-order valence-electron chi connectivity index (χ2n) is 5.19. The van der Waals surface area contributed by atoms with Crippen molar-refractivity contribution in [3.05, 3.63) is 46.1 Å². The van der Waals surface area contributed by atoms with Gasteiger partial charge in [-0.05, 0) is 36.8 Å². The summed E-state index contributed by atoms with van der Waals surface area (Å²) in [6.07, 6.45) is 8.56. The van der Waals surface area contributed by atoms with Gasteiger partial charge in [-0.15, -0.1) is 11.3 Å². The van der Waals surface area contributed by atoms with Crippen LogP contribution in [0, 0.1) is 17.2 Å². The minimum Gasteiger partial charge on any atom is -0.264 e. The molecule has 3 nitrogen and oxygen atoms in total. The molecular weight excluding hydrogens is 266 g/mol.